The van der Waals surface area contributed by atoms with E-state index in [1.165, 1.54) is 0 Å². The van der Waals surface area contributed by atoms with Gasteiger partial charge in [0.25, 0.3) is 0 Å². The standard InChI is InChI=1S/C13H12N2O/c1-14-8-2-4-12-10(6-8)11-7-9(16)3-5-13(11)15-12/h2-7,14-16H,1H3. The lowest BCUT2D eigenvalue weighted by Gasteiger charge is -1.99. The van der Waals surface area contributed by atoms with Crippen LogP contribution in [-0.4, -0.2) is 17.1 Å². The molecule has 0 saturated carbocycles. The molecule has 2 aromatic carbocycles. The molecule has 0 aliphatic carbocycles. The van der Waals surface area contributed by atoms with Gasteiger partial charge < -0.3 is 15.4 Å². The Kier molecular flexibility index (Phi) is 1.80. The number of phenolic OH excluding ortho intramolecular Hbond substituents is 1. The van der Waals surface area contributed by atoms with Crippen LogP contribution in [0.5, 0.6) is 5.75 Å². The third-order valence-corrected chi connectivity index (χ3v) is 2.87. The molecular formula is C13H12N2O. The number of H-pyrrole nitrogens is 1. The number of aromatic hydroxyl groups is 1. The van der Waals surface area contributed by atoms with Crippen molar-refractivity contribution in [2.75, 3.05) is 12.4 Å². The van der Waals surface area contributed by atoms with E-state index >= 15 is 0 Å². The van der Waals surface area contributed by atoms with Crippen LogP contribution in [0, 0.1) is 0 Å². The van der Waals surface area contributed by atoms with Crippen LogP contribution in [0.1, 0.15) is 0 Å². The summed E-state index contributed by atoms with van der Waals surface area (Å²) < 4.78 is 0. The molecule has 1 heterocycles. The van der Waals surface area contributed by atoms with Crippen molar-refractivity contribution in [1.29, 1.82) is 0 Å². The summed E-state index contributed by atoms with van der Waals surface area (Å²) >= 11 is 0. The largest absolute Gasteiger partial charge is 0.508 e. The molecule has 0 unspecified atom stereocenters. The normalized spacial score (nSPS) is 11.1. The van der Waals surface area contributed by atoms with Crippen molar-refractivity contribution < 1.29 is 5.11 Å². The van der Waals surface area contributed by atoms with Crippen molar-refractivity contribution in [3.8, 4) is 5.75 Å². The van der Waals surface area contributed by atoms with E-state index in [0.29, 0.717) is 5.75 Å². The second kappa shape index (κ2) is 3.17. The first kappa shape index (κ1) is 9.09. The second-order valence-electron chi connectivity index (χ2n) is 3.87. The van der Waals surface area contributed by atoms with Gasteiger partial charge >= 0.3 is 0 Å². The number of rotatable bonds is 1. The lowest BCUT2D eigenvalue weighted by atomic mass is 10.1. The van der Waals surface area contributed by atoms with E-state index in [4.69, 9.17) is 0 Å². The second-order valence-corrected chi connectivity index (χ2v) is 3.87. The minimum Gasteiger partial charge on any atom is -0.508 e. The Balaban J connectivity index is 2.44. The molecule has 3 N–H and O–H groups in total. The highest BCUT2D eigenvalue weighted by Gasteiger charge is 2.05. The Morgan fingerprint density at radius 1 is 1.00 bits per heavy atom. The molecule has 0 aliphatic rings. The fourth-order valence-corrected chi connectivity index (χ4v) is 2.04. The van der Waals surface area contributed by atoms with Crippen molar-refractivity contribution in [2.45, 2.75) is 0 Å². The summed E-state index contributed by atoms with van der Waals surface area (Å²) in [6.07, 6.45) is 0. The van der Waals surface area contributed by atoms with Gasteiger partial charge in [-0.15, -0.1) is 0 Å². The first-order valence-electron chi connectivity index (χ1n) is 5.20. The predicted molar refractivity (Wildman–Crippen MR) is 67.0 cm³/mol. The number of anilines is 1. The van der Waals surface area contributed by atoms with Gasteiger partial charge in [-0.2, -0.15) is 0 Å². The molecule has 3 nitrogen and oxygen atoms in total. The molecule has 0 aliphatic heterocycles. The third-order valence-electron chi connectivity index (χ3n) is 2.87. The topological polar surface area (TPSA) is 48.0 Å². The summed E-state index contributed by atoms with van der Waals surface area (Å²) in [6, 6.07) is 11.5. The number of hydrogen-bond donors (Lipinski definition) is 3. The summed E-state index contributed by atoms with van der Waals surface area (Å²) in [4.78, 5) is 3.32. The highest BCUT2D eigenvalue weighted by Crippen LogP contribution is 2.29. The quantitative estimate of drug-likeness (QED) is 0.580. The zero-order valence-corrected chi connectivity index (χ0v) is 8.91. The van der Waals surface area contributed by atoms with Crippen LogP contribution in [0.2, 0.25) is 0 Å². The lowest BCUT2D eigenvalue weighted by molar-refractivity contribution is 0.476. The molecule has 0 amide bonds. The monoisotopic (exact) mass is 212 g/mol. The molecule has 0 fully saturated rings. The van der Waals surface area contributed by atoms with Gasteiger partial charge in [0.1, 0.15) is 5.75 Å². The third kappa shape index (κ3) is 1.21. The molecule has 0 atom stereocenters. The summed E-state index contributed by atoms with van der Waals surface area (Å²) in [7, 11) is 1.90. The maximum Gasteiger partial charge on any atom is 0.116 e. The molecule has 0 radical (unpaired) electrons. The average molecular weight is 212 g/mol. The molecule has 3 rings (SSSR count). The van der Waals surface area contributed by atoms with Crippen molar-refractivity contribution in [1.82, 2.24) is 4.98 Å². The number of benzene rings is 2. The molecule has 3 heteroatoms. The number of fused-ring (bicyclic) bond motifs is 3. The molecule has 80 valence electrons. The van der Waals surface area contributed by atoms with E-state index in [1.807, 2.05) is 25.2 Å². The number of phenols is 1. The average Bonchev–Trinajstić information content (AvgIpc) is 2.66. The van der Waals surface area contributed by atoms with Gasteiger partial charge in [-0.3, -0.25) is 0 Å². The van der Waals surface area contributed by atoms with E-state index in [1.54, 1.807) is 12.1 Å². The Hall–Kier alpha value is -2.16. The number of hydrogen-bond acceptors (Lipinski definition) is 2. The van der Waals surface area contributed by atoms with Crippen LogP contribution in [0.25, 0.3) is 21.8 Å². The summed E-state index contributed by atoms with van der Waals surface area (Å²) in [5, 5.41) is 14.8. The first-order chi connectivity index (χ1) is 7.78. The van der Waals surface area contributed by atoms with Gasteiger partial charge in [0.05, 0.1) is 0 Å². The maximum absolute atomic E-state index is 9.51. The number of aromatic nitrogens is 1. The van der Waals surface area contributed by atoms with Gasteiger partial charge in [0.15, 0.2) is 0 Å². The van der Waals surface area contributed by atoms with Crippen molar-refractivity contribution >= 4 is 27.5 Å². The first-order valence-corrected chi connectivity index (χ1v) is 5.20. The van der Waals surface area contributed by atoms with Gasteiger partial charge in [-0.05, 0) is 36.4 Å². The Morgan fingerprint density at radius 3 is 2.44 bits per heavy atom. The SMILES string of the molecule is CNc1ccc2[nH]c3ccc(O)cc3c2c1. The molecule has 3 aromatic rings. The highest BCUT2D eigenvalue weighted by atomic mass is 16.3. The number of aromatic amines is 1. The van der Waals surface area contributed by atoms with Crippen molar-refractivity contribution in [3.05, 3.63) is 36.4 Å². The molecule has 16 heavy (non-hydrogen) atoms. The molecule has 1 aromatic heterocycles. The van der Waals surface area contributed by atoms with Gasteiger partial charge in [0.2, 0.25) is 0 Å². The summed E-state index contributed by atoms with van der Waals surface area (Å²) in [5.41, 5.74) is 3.19. The maximum atomic E-state index is 9.51. The summed E-state index contributed by atoms with van der Waals surface area (Å²) in [5.74, 6) is 0.295. The van der Waals surface area contributed by atoms with E-state index in [-0.39, 0.29) is 0 Å². The minimum atomic E-state index is 0.295. The van der Waals surface area contributed by atoms with Crippen LogP contribution in [0.15, 0.2) is 36.4 Å². The van der Waals surface area contributed by atoms with E-state index < -0.39 is 0 Å². The zero-order chi connectivity index (χ0) is 11.1. The van der Waals surface area contributed by atoms with E-state index in [0.717, 1.165) is 27.5 Å². The van der Waals surface area contributed by atoms with Crippen LogP contribution in [0.3, 0.4) is 0 Å². The van der Waals surface area contributed by atoms with Crippen LogP contribution < -0.4 is 5.32 Å². The predicted octanol–water partition coefficient (Wildman–Crippen LogP) is 3.07. The van der Waals surface area contributed by atoms with Crippen LogP contribution in [-0.2, 0) is 0 Å². The fraction of sp³-hybridized carbons (Fsp3) is 0.0769. The van der Waals surface area contributed by atoms with Crippen molar-refractivity contribution in [3.63, 3.8) is 0 Å². The highest BCUT2D eigenvalue weighted by molar-refractivity contribution is 6.08. The van der Waals surface area contributed by atoms with Gasteiger partial charge in [-0.25, -0.2) is 0 Å². The van der Waals surface area contributed by atoms with Crippen LogP contribution >= 0.6 is 0 Å². The fourth-order valence-electron chi connectivity index (χ4n) is 2.04. The molecular weight excluding hydrogens is 200 g/mol. The number of nitrogens with one attached hydrogen (secondary N) is 2. The van der Waals surface area contributed by atoms with Gasteiger partial charge in [0, 0.05) is 34.5 Å². The lowest BCUT2D eigenvalue weighted by Crippen LogP contribution is -1.85. The van der Waals surface area contributed by atoms with E-state index in [9.17, 15) is 5.11 Å². The minimum absolute atomic E-state index is 0.295. The smallest absolute Gasteiger partial charge is 0.116 e. The Labute approximate surface area is 92.7 Å². The van der Waals surface area contributed by atoms with Gasteiger partial charge in [-0.1, -0.05) is 0 Å². The molecule has 0 spiro atoms. The Bertz CT molecular complexity index is 670. The molecule has 0 bridgehead atoms. The zero-order valence-electron chi connectivity index (χ0n) is 8.91. The molecule has 0 saturated heterocycles. The summed E-state index contributed by atoms with van der Waals surface area (Å²) in [6.45, 7) is 0. The van der Waals surface area contributed by atoms with Crippen molar-refractivity contribution in [2.24, 2.45) is 0 Å². The Morgan fingerprint density at radius 2 is 1.69 bits per heavy atom. The van der Waals surface area contributed by atoms with E-state index in [2.05, 4.69) is 16.4 Å². The van der Waals surface area contributed by atoms with Crippen LogP contribution in [0.4, 0.5) is 5.69 Å².